The Morgan fingerprint density at radius 2 is 1.92 bits per heavy atom. The Morgan fingerprint density at radius 1 is 1.21 bits per heavy atom. The Labute approximate surface area is 143 Å². The first kappa shape index (κ1) is 18.2. The molecule has 24 heavy (non-hydrogen) atoms. The molecule has 1 N–H and O–H groups in total. The Balaban J connectivity index is 2.04. The zero-order chi connectivity index (χ0) is 17.7. The number of para-hydroxylation sites is 1. The summed E-state index contributed by atoms with van der Waals surface area (Å²) < 4.78 is 1.95. The Morgan fingerprint density at radius 3 is 2.62 bits per heavy atom. The number of hydrogen-bond acceptors (Lipinski definition) is 3. The van der Waals surface area contributed by atoms with Crippen molar-refractivity contribution in [2.75, 3.05) is 26.7 Å². The Bertz CT molecular complexity index is 734. The highest BCUT2D eigenvalue weighted by molar-refractivity contribution is 6.45. The SMILES string of the molecule is CCCCN(C)CCNC(=O)C(=O)c1c(C)n(C)c2ccccc12. The summed E-state index contributed by atoms with van der Waals surface area (Å²) in [5.74, 6) is -0.987. The summed E-state index contributed by atoms with van der Waals surface area (Å²) in [6, 6.07) is 7.67. The van der Waals surface area contributed by atoms with Crippen LogP contribution in [0.3, 0.4) is 0 Å². The molecule has 5 heteroatoms. The van der Waals surface area contributed by atoms with Crippen molar-refractivity contribution in [2.24, 2.45) is 7.05 Å². The van der Waals surface area contributed by atoms with Crippen molar-refractivity contribution in [3.63, 3.8) is 0 Å². The van der Waals surface area contributed by atoms with Gasteiger partial charge < -0.3 is 14.8 Å². The number of rotatable bonds is 8. The average molecular weight is 329 g/mol. The lowest BCUT2D eigenvalue weighted by Crippen LogP contribution is -2.37. The minimum atomic E-state index is -0.529. The minimum Gasteiger partial charge on any atom is -0.348 e. The molecule has 1 amide bonds. The molecule has 0 aliphatic rings. The number of benzene rings is 1. The molecule has 2 aromatic rings. The van der Waals surface area contributed by atoms with Crippen LogP contribution in [-0.2, 0) is 11.8 Å². The second kappa shape index (κ2) is 8.11. The molecule has 0 bridgehead atoms. The molecule has 0 atom stereocenters. The fraction of sp³-hybridized carbons (Fsp3) is 0.474. The van der Waals surface area contributed by atoms with E-state index in [1.54, 1.807) is 0 Å². The molecule has 0 aliphatic carbocycles. The van der Waals surface area contributed by atoms with Crippen LogP contribution in [0, 0.1) is 6.92 Å². The molecular formula is C19H27N3O2. The zero-order valence-corrected chi connectivity index (χ0v) is 15.1. The first-order chi connectivity index (χ1) is 11.5. The molecule has 130 valence electrons. The van der Waals surface area contributed by atoms with Gasteiger partial charge in [0.15, 0.2) is 0 Å². The third-order valence-electron chi connectivity index (χ3n) is 4.51. The van der Waals surface area contributed by atoms with Crippen molar-refractivity contribution < 1.29 is 9.59 Å². The van der Waals surface area contributed by atoms with Crippen molar-refractivity contribution in [2.45, 2.75) is 26.7 Å². The van der Waals surface area contributed by atoms with Gasteiger partial charge in [-0.05, 0) is 33.0 Å². The van der Waals surface area contributed by atoms with Gasteiger partial charge in [-0.15, -0.1) is 0 Å². The Kier molecular flexibility index (Phi) is 6.15. The van der Waals surface area contributed by atoms with Gasteiger partial charge in [-0.25, -0.2) is 0 Å². The van der Waals surface area contributed by atoms with E-state index in [9.17, 15) is 9.59 Å². The van der Waals surface area contributed by atoms with Gasteiger partial charge in [0, 0.05) is 36.7 Å². The first-order valence-corrected chi connectivity index (χ1v) is 8.52. The molecular weight excluding hydrogens is 302 g/mol. The summed E-state index contributed by atoms with van der Waals surface area (Å²) in [6.07, 6.45) is 2.29. The smallest absolute Gasteiger partial charge is 0.292 e. The van der Waals surface area contributed by atoms with Crippen LogP contribution >= 0.6 is 0 Å². The number of likely N-dealkylation sites (N-methyl/N-ethyl adjacent to an activating group) is 1. The first-order valence-electron chi connectivity index (χ1n) is 8.52. The summed E-state index contributed by atoms with van der Waals surface area (Å²) in [6.45, 7) is 6.25. The molecule has 1 aromatic heterocycles. The van der Waals surface area contributed by atoms with Gasteiger partial charge in [0.25, 0.3) is 11.7 Å². The summed E-state index contributed by atoms with van der Waals surface area (Å²) in [4.78, 5) is 27.0. The van der Waals surface area contributed by atoms with E-state index in [1.165, 1.54) is 0 Å². The average Bonchev–Trinajstić information content (AvgIpc) is 2.83. The quantitative estimate of drug-likeness (QED) is 0.598. The van der Waals surface area contributed by atoms with E-state index >= 15 is 0 Å². The van der Waals surface area contributed by atoms with E-state index in [4.69, 9.17) is 0 Å². The molecule has 5 nitrogen and oxygen atoms in total. The summed E-state index contributed by atoms with van der Waals surface area (Å²) >= 11 is 0. The second-order valence-corrected chi connectivity index (χ2v) is 6.28. The van der Waals surface area contributed by atoms with E-state index in [-0.39, 0.29) is 0 Å². The van der Waals surface area contributed by atoms with E-state index in [0.29, 0.717) is 12.1 Å². The van der Waals surface area contributed by atoms with Crippen LogP contribution < -0.4 is 5.32 Å². The lowest BCUT2D eigenvalue weighted by molar-refractivity contribution is -0.117. The standard InChI is InChI=1S/C19H27N3O2/c1-5-6-12-21(3)13-11-20-19(24)18(23)17-14(2)22(4)16-10-8-7-9-15(16)17/h7-10H,5-6,11-13H2,1-4H3,(H,20,24). The van der Waals surface area contributed by atoms with Gasteiger partial charge in [-0.3, -0.25) is 9.59 Å². The maximum atomic E-state index is 12.6. The molecule has 1 heterocycles. The van der Waals surface area contributed by atoms with Crippen LogP contribution in [0.5, 0.6) is 0 Å². The molecule has 0 unspecified atom stereocenters. The van der Waals surface area contributed by atoms with Gasteiger partial charge in [-0.1, -0.05) is 31.5 Å². The largest absolute Gasteiger partial charge is 0.348 e. The third kappa shape index (κ3) is 3.85. The van der Waals surface area contributed by atoms with E-state index in [0.717, 1.165) is 42.5 Å². The van der Waals surface area contributed by atoms with Gasteiger partial charge in [0.2, 0.25) is 0 Å². The van der Waals surface area contributed by atoms with Crippen molar-refractivity contribution >= 4 is 22.6 Å². The van der Waals surface area contributed by atoms with Gasteiger partial charge in [0.1, 0.15) is 0 Å². The highest BCUT2D eigenvalue weighted by atomic mass is 16.2. The number of Topliss-reactive ketones (excluding diaryl/α,β-unsaturated/α-hetero) is 1. The number of carbonyl (C=O) groups is 2. The molecule has 0 saturated carbocycles. The predicted molar refractivity (Wildman–Crippen MR) is 97.4 cm³/mol. The summed E-state index contributed by atoms with van der Waals surface area (Å²) in [7, 11) is 3.94. The lowest BCUT2D eigenvalue weighted by atomic mass is 10.1. The van der Waals surface area contributed by atoms with Crippen LogP contribution in [0.25, 0.3) is 10.9 Å². The van der Waals surface area contributed by atoms with Crippen molar-refractivity contribution in [3.8, 4) is 0 Å². The second-order valence-electron chi connectivity index (χ2n) is 6.28. The predicted octanol–water partition coefficient (Wildman–Crippen LogP) is 2.52. The monoisotopic (exact) mass is 329 g/mol. The van der Waals surface area contributed by atoms with Crippen molar-refractivity contribution in [3.05, 3.63) is 35.5 Å². The number of nitrogens with one attached hydrogen (secondary N) is 1. The van der Waals surface area contributed by atoms with Crippen molar-refractivity contribution in [1.82, 2.24) is 14.8 Å². The number of nitrogens with zero attached hydrogens (tertiary/aromatic N) is 2. The van der Waals surface area contributed by atoms with Gasteiger partial charge in [0.05, 0.1) is 5.56 Å². The van der Waals surface area contributed by atoms with Gasteiger partial charge in [-0.2, -0.15) is 0 Å². The number of aromatic nitrogens is 1. The van der Waals surface area contributed by atoms with E-state index < -0.39 is 11.7 Å². The fourth-order valence-corrected chi connectivity index (χ4v) is 2.90. The number of aryl methyl sites for hydroxylation is 1. The molecule has 0 radical (unpaired) electrons. The highest BCUT2D eigenvalue weighted by Crippen LogP contribution is 2.25. The molecule has 0 fully saturated rings. The van der Waals surface area contributed by atoms with Crippen LogP contribution in [-0.4, -0.2) is 47.8 Å². The maximum Gasteiger partial charge on any atom is 0.292 e. The zero-order valence-electron chi connectivity index (χ0n) is 15.1. The molecule has 0 spiro atoms. The molecule has 0 aliphatic heterocycles. The third-order valence-corrected chi connectivity index (χ3v) is 4.51. The molecule has 1 aromatic carbocycles. The number of carbonyl (C=O) groups excluding carboxylic acids is 2. The highest BCUT2D eigenvalue weighted by Gasteiger charge is 2.23. The summed E-state index contributed by atoms with van der Waals surface area (Å²) in [5.41, 5.74) is 2.28. The number of fused-ring (bicyclic) bond motifs is 1. The minimum absolute atomic E-state index is 0.458. The van der Waals surface area contributed by atoms with Crippen LogP contribution in [0.2, 0.25) is 0 Å². The van der Waals surface area contributed by atoms with Crippen molar-refractivity contribution in [1.29, 1.82) is 0 Å². The lowest BCUT2D eigenvalue weighted by Gasteiger charge is -2.16. The van der Waals surface area contributed by atoms with Crippen LogP contribution in [0.4, 0.5) is 0 Å². The number of unbranched alkanes of at least 4 members (excludes halogenated alkanes) is 1. The topological polar surface area (TPSA) is 54.3 Å². The number of hydrogen-bond donors (Lipinski definition) is 1. The number of ketones is 1. The Hall–Kier alpha value is -2.14. The normalized spacial score (nSPS) is 11.2. The summed E-state index contributed by atoms with van der Waals surface area (Å²) in [5, 5.41) is 3.58. The maximum absolute atomic E-state index is 12.6. The molecule has 2 rings (SSSR count). The number of amides is 1. The van der Waals surface area contributed by atoms with Crippen LogP contribution in [0.1, 0.15) is 35.8 Å². The molecule has 0 saturated heterocycles. The van der Waals surface area contributed by atoms with E-state index in [2.05, 4.69) is 17.1 Å². The fourth-order valence-electron chi connectivity index (χ4n) is 2.90. The van der Waals surface area contributed by atoms with Gasteiger partial charge >= 0.3 is 0 Å². The van der Waals surface area contributed by atoms with Crippen LogP contribution in [0.15, 0.2) is 24.3 Å². The van der Waals surface area contributed by atoms with E-state index in [1.807, 2.05) is 49.9 Å².